The van der Waals surface area contributed by atoms with Gasteiger partial charge in [0.05, 0.1) is 0 Å². The molecule has 0 aliphatic carbocycles. The van der Waals surface area contributed by atoms with Crippen LogP contribution in [0.15, 0.2) is 54.6 Å². The van der Waals surface area contributed by atoms with Crippen LogP contribution in [0.2, 0.25) is 0 Å². The summed E-state index contributed by atoms with van der Waals surface area (Å²) in [5.41, 5.74) is 2.18. The van der Waals surface area contributed by atoms with Crippen molar-refractivity contribution in [3.63, 3.8) is 0 Å². The SMILES string of the molecule is CNC(=O)[C@@H](NC(=O)[C@H](CSCc1ccc(-c2ccccc2)cc1)NC(=O)OC(C)(C)C)C(C)(C)C. The van der Waals surface area contributed by atoms with Crippen molar-refractivity contribution in [3.05, 3.63) is 60.2 Å². The van der Waals surface area contributed by atoms with Crippen LogP contribution < -0.4 is 16.0 Å². The topological polar surface area (TPSA) is 96.5 Å². The van der Waals surface area contributed by atoms with E-state index in [9.17, 15) is 14.4 Å². The van der Waals surface area contributed by atoms with Gasteiger partial charge in [-0.2, -0.15) is 11.8 Å². The molecule has 7 nitrogen and oxygen atoms in total. The van der Waals surface area contributed by atoms with E-state index in [-0.39, 0.29) is 5.91 Å². The minimum atomic E-state index is -0.872. The zero-order valence-electron chi connectivity index (χ0n) is 22.3. The van der Waals surface area contributed by atoms with Gasteiger partial charge in [-0.15, -0.1) is 0 Å². The summed E-state index contributed by atoms with van der Waals surface area (Å²) in [4.78, 5) is 38.1. The number of thioether (sulfide) groups is 1. The highest BCUT2D eigenvalue weighted by Crippen LogP contribution is 2.22. The first-order valence-electron chi connectivity index (χ1n) is 12.0. The first-order chi connectivity index (χ1) is 16.8. The summed E-state index contributed by atoms with van der Waals surface area (Å²) in [6.07, 6.45) is -0.678. The molecule has 3 N–H and O–H groups in total. The largest absolute Gasteiger partial charge is 0.444 e. The van der Waals surface area contributed by atoms with E-state index in [4.69, 9.17) is 4.74 Å². The zero-order chi connectivity index (χ0) is 26.9. The second kappa shape index (κ2) is 12.8. The molecule has 0 saturated carbocycles. The van der Waals surface area contributed by atoms with E-state index in [2.05, 4.69) is 52.3 Å². The first-order valence-corrected chi connectivity index (χ1v) is 13.2. The van der Waals surface area contributed by atoms with Crippen LogP contribution in [0.4, 0.5) is 4.79 Å². The lowest BCUT2D eigenvalue weighted by Gasteiger charge is -2.31. The van der Waals surface area contributed by atoms with Crippen LogP contribution in [-0.2, 0) is 20.1 Å². The van der Waals surface area contributed by atoms with Gasteiger partial charge in [-0.25, -0.2) is 4.79 Å². The molecule has 0 aromatic heterocycles. The Bertz CT molecular complexity index is 1010. The summed E-state index contributed by atoms with van der Waals surface area (Å²) < 4.78 is 5.36. The molecular formula is C28H39N3O4S. The Morgan fingerprint density at radius 1 is 0.833 bits per heavy atom. The van der Waals surface area contributed by atoms with Gasteiger partial charge in [0, 0.05) is 18.6 Å². The second-order valence-electron chi connectivity index (χ2n) is 10.7. The lowest BCUT2D eigenvalue weighted by atomic mass is 9.86. The predicted molar refractivity (Wildman–Crippen MR) is 147 cm³/mol. The number of hydrogen-bond acceptors (Lipinski definition) is 5. The van der Waals surface area contributed by atoms with Gasteiger partial charge >= 0.3 is 6.09 Å². The maximum atomic E-state index is 13.2. The molecule has 2 rings (SSSR count). The van der Waals surface area contributed by atoms with Gasteiger partial charge in [-0.1, -0.05) is 75.4 Å². The van der Waals surface area contributed by atoms with Crippen LogP contribution in [0, 0.1) is 5.41 Å². The van der Waals surface area contributed by atoms with Gasteiger partial charge in [0.1, 0.15) is 17.7 Å². The molecule has 196 valence electrons. The molecule has 0 fully saturated rings. The third-order valence-corrected chi connectivity index (χ3v) is 6.39. The average Bonchev–Trinajstić information content (AvgIpc) is 2.80. The minimum absolute atomic E-state index is 0.293. The van der Waals surface area contributed by atoms with E-state index >= 15 is 0 Å². The quantitative estimate of drug-likeness (QED) is 0.449. The lowest BCUT2D eigenvalue weighted by molar-refractivity contribution is -0.132. The molecule has 2 aromatic rings. The van der Waals surface area contributed by atoms with Crippen molar-refractivity contribution in [2.24, 2.45) is 5.41 Å². The minimum Gasteiger partial charge on any atom is -0.444 e. The van der Waals surface area contributed by atoms with Gasteiger partial charge in [0.2, 0.25) is 11.8 Å². The average molecular weight is 514 g/mol. The van der Waals surface area contributed by atoms with Crippen molar-refractivity contribution in [1.82, 2.24) is 16.0 Å². The molecule has 0 unspecified atom stereocenters. The molecule has 2 aromatic carbocycles. The second-order valence-corrected chi connectivity index (χ2v) is 11.7. The van der Waals surface area contributed by atoms with Crippen molar-refractivity contribution in [2.75, 3.05) is 12.8 Å². The highest BCUT2D eigenvalue weighted by molar-refractivity contribution is 7.98. The molecule has 0 heterocycles. The number of benzene rings is 2. The van der Waals surface area contributed by atoms with Gasteiger partial charge in [-0.05, 0) is 42.9 Å². The summed E-state index contributed by atoms with van der Waals surface area (Å²) in [5, 5.41) is 8.09. The van der Waals surface area contributed by atoms with Crippen molar-refractivity contribution in [2.45, 2.75) is 65.0 Å². The summed E-state index contributed by atoms with van der Waals surface area (Å²) >= 11 is 1.52. The lowest BCUT2D eigenvalue weighted by Crippen LogP contribution is -2.58. The van der Waals surface area contributed by atoms with Crippen LogP contribution in [0.25, 0.3) is 11.1 Å². The number of ether oxygens (including phenoxy) is 1. The van der Waals surface area contributed by atoms with E-state index in [1.54, 1.807) is 20.8 Å². The number of amides is 3. The molecule has 0 bridgehead atoms. The number of carbonyl (C=O) groups is 3. The van der Waals surface area contributed by atoms with E-state index in [0.29, 0.717) is 11.5 Å². The first kappa shape index (κ1) is 29.2. The number of rotatable bonds is 9. The van der Waals surface area contributed by atoms with Gasteiger partial charge in [0.15, 0.2) is 0 Å². The number of hydrogen-bond donors (Lipinski definition) is 3. The predicted octanol–water partition coefficient (Wildman–Crippen LogP) is 4.76. The molecule has 36 heavy (non-hydrogen) atoms. The number of carbonyl (C=O) groups excluding carboxylic acids is 3. The molecule has 2 atom stereocenters. The molecular weight excluding hydrogens is 474 g/mol. The Kier molecular flexibility index (Phi) is 10.4. The highest BCUT2D eigenvalue weighted by Gasteiger charge is 2.34. The molecule has 0 aliphatic heterocycles. The van der Waals surface area contributed by atoms with Crippen molar-refractivity contribution in [1.29, 1.82) is 0 Å². The van der Waals surface area contributed by atoms with E-state index in [1.165, 1.54) is 18.8 Å². The fraction of sp³-hybridized carbons (Fsp3) is 0.464. The maximum absolute atomic E-state index is 13.2. The summed E-state index contributed by atoms with van der Waals surface area (Å²) in [6.45, 7) is 10.9. The Balaban J connectivity index is 2.08. The Hall–Kier alpha value is -3.00. The van der Waals surface area contributed by atoms with E-state index < -0.39 is 35.1 Å². The molecule has 0 saturated heterocycles. The van der Waals surface area contributed by atoms with Crippen LogP contribution in [-0.4, -0.2) is 48.4 Å². The van der Waals surface area contributed by atoms with Crippen LogP contribution in [0.5, 0.6) is 0 Å². The van der Waals surface area contributed by atoms with E-state index in [0.717, 1.165) is 16.7 Å². The van der Waals surface area contributed by atoms with Crippen molar-refractivity contribution in [3.8, 4) is 11.1 Å². The summed E-state index contributed by atoms with van der Waals surface area (Å²) in [5.74, 6) is 0.248. The maximum Gasteiger partial charge on any atom is 0.408 e. The molecule has 0 aliphatic rings. The monoisotopic (exact) mass is 513 g/mol. The van der Waals surface area contributed by atoms with Gasteiger partial charge < -0.3 is 20.7 Å². The Labute approximate surface area is 219 Å². The number of likely N-dealkylation sites (N-methyl/N-ethyl adjacent to an activating group) is 1. The van der Waals surface area contributed by atoms with Crippen LogP contribution in [0.3, 0.4) is 0 Å². The standard InChI is InChI=1S/C28H39N3O4S/c1-27(2,3)23(25(33)29-7)31-24(32)22(30-26(34)35-28(4,5)6)18-36-17-19-13-15-21(16-14-19)20-11-9-8-10-12-20/h8-16,22-23H,17-18H2,1-7H3,(H,29,33)(H,30,34)(H,31,32)/t22-,23+/m0/s1. The number of alkyl carbamates (subject to hydrolysis) is 1. The summed E-state index contributed by atoms with van der Waals surface area (Å²) in [6, 6.07) is 16.8. The fourth-order valence-corrected chi connectivity index (χ4v) is 4.43. The smallest absolute Gasteiger partial charge is 0.408 e. The van der Waals surface area contributed by atoms with Crippen molar-refractivity contribution < 1.29 is 19.1 Å². The third kappa shape index (κ3) is 9.57. The van der Waals surface area contributed by atoms with Crippen molar-refractivity contribution >= 4 is 29.7 Å². The third-order valence-electron chi connectivity index (χ3n) is 5.28. The Morgan fingerprint density at radius 3 is 1.94 bits per heavy atom. The molecule has 0 spiro atoms. The zero-order valence-corrected chi connectivity index (χ0v) is 23.1. The van der Waals surface area contributed by atoms with Crippen LogP contribution >= 0.6 is 11.8 Å². The van der Waals surface area contributed by atoms with Gasteiger partial charge in [0.25, 0.3) is 0 Å². The molecule has 8 heteroatoms. The van der Waals surface area contributed by atoms with Crippen LogP contribution in [0.1, 0.15) is 47.1 Å². The fourth-order valence-electron chi connectivity index (χ4n) is 3.41. The Morgan fingerprint density at radius 2 is 1.42 bits per heavy atom. The van der Waals surface area contributed by atoms with E-state index in [1.807, 2.05) is 39.0 Å². The molecule has 3 amide bonds. The molecule has 0 radical (unpaired) electrons. The normalized spacial score (nSPS) is 13.3. The van der Waals surface area contributed by atoms with Gasteiger partial charge in [-0.3, -0.25) is 9.59 Å². The summed E-state index contributed by atoms with van der Waals surface area (Å²) in [7, 11) is 1.53. The number of nitrogens with one attached hydrogen (secondary N) is 3. The highest BCUT2D eigenvalue weighted by atomic mass is 32.2.